The zero-order valence-corrected chi connectivity index (χ0v) is 15.2. The molecule has 0 saturated carbocycles. The number of carbonyl (C=O) groups is 1. The molecule has 0 aliphatic rings. The van der Waals surface area contributed by atoms with Gasteiger partial charge < -0.3 is 10.1 Å². The molecule has 0 spiro atoms. The van der Waals surface area contributed by atoms with Gasteiger partial charge in [0.1, 0.15) is 5.82 Å². The largest absolute Gasteiger partial charge is 0.477 e. The van der Waals surface area contributed by atoms with Crippen molar-refractivity contribution in [2.75, 3.05) is 26.0 Å². The van der Waals surface area contributed by atoms with Crippen LogP contribution in [0.4, 0.5) is 15.8 Å². The number of sulfonamides is 1. The Bertz CT molecular complexity index is 978. The summed E-state index contributed by atoms with van der Waals surface area (Å²) in [5.41, 5.74) is -0.288. The first-order chi connectivity index (χ1) is 12.6. The minimum Gasteiger partial charge on any atom is -0.477 e. The van der Waals surface area contributed by atoms with Crippen molar-refractivity contribution in [1.29, 1.82) is 0 Å². The van der Waals surface area contributed by atoms with Crippen molar-refractivity contribution in [3.63, 3.8) is 0 Å². The maximum Gasteiger partial charge on any atom is 0.311 e. The van der Waals surface area contributed by atoms with E-state index in [4.69, 9.17) is 4.74 Å². The quantitative estimate of drug-likeness (QED) is 0.564. The Morgan fingerprint density at radius 1 is 1.26 bits per heavy atom. The molecule has 2 rings (SSSR count). The average Bonchev–Trinajstić information content (AvgIpc) is 2.59. The maximum atomic E-state index is 13.2. The lowest BCUT2D eigenvalue weighted by atomic mass is 10.3. The van der Waals surface area contributed by atoms with Crippen molar-refractivity contribution in [3.8, 4) is 5.75 Å². The third-order valence-electron chi connectivity index (χ3n) is 3.37. The van der Waals surface area contributed by atoms with E-state index < -0.39 is 39.0 Å². The van der Waals surface area contributed by atoms with E-state index in [1.807, 2.05) is 0 Å². The van der Waals surface area contributed by atoms with Crippen LogP contribution in [-0.4, -0.2) is 44.3 Å². The van der Waals surface area contributed by atoms with E-state index in [0.717, 1.165) is 22.5 Å². The van der Waals surface area contributed by atoms with Crippen LogP contribution in [0.15, 0.2) is 47.4 Å². The number of rotatable bonds is 7. The Balaban J connectivity index is 2.10. The zero-order valence-electron chi connectivity index (χ0n) is 14.4. The van der Waals surface area contributed by atoms with Gasteiger partial charge in [-0.1, -0.05) is 6.07 Å². The molecule has 0 unspecified atom stereocenters. The van der Waals surface area contributed by atoms with Crippen LogP contribution in [0.5, 0.6) is 5.75 Å². The number of halogens is 1. The molecule has 0 radical (unpaired) electrons. The number of carbonyl (C=O) groups excluding carboxylic acids is 1. The van der Waals surface area contributed by atoms with Gasteiger partial charge in [-0.3, -0.25) is 14.9 Å². The monoisotopic (exact) mass is 397 g/mol. The Labute approximate surface area is 154 Å². The lowest BCUT2D eigenvalue weighted by Crippen LogP contribution is -2.23. The highest BCUT2D eigenvalue weighted by atomic mass is 32.2. The summed E-state index contributed by atoms with van der Waals surface area (Å²) in [4.78, 5) is 22.1. The Morgan fingerprint density at radius 3 is 2.59 bits per heavy atom. The SMILES string of the molecule is CN(C)S(=O)(=O)c1cccc(NC(=O)COc2cc(F)ccc2[N+](=O)[O-])c1. The van der Waals surface area contributed by atoms with E-state index in [2.05, 4.69) is 5.32 Å². The van der Waals surface area contributed by atoms with Gasteiger partial charge in [0.25, 0.3) is 5.91 Å². The summed E-state index contributed by atoms with van der Waals surface area (Å²) < 4.78 is 43.5. The number of hydrogen-bond donors (Lipinski definition) is 1. The van der Waals surface area contributed by atoms with Gasteiger partial charge in [0, 0.05) is 31.9 Å². The molecule has 2 aromatic carbocycles. The third kappa shape index (κ3) is 4.99. The van der Waals surface area contributed by atoms with Gasteiger partial charge in [0.15, 0.2) is 6.61 Å². The van der Waals surface area contributed by atoms with Gasteiger partial charge >= 0.3 is 5.69 Å². The maximum absolute atomic E-state index is 13.2. The highest BCUT2D eigenvalue weighted by molar-refractivity contribution is 7.89. The number of anilines is 1. The second-order valence-corrected chi connectivity index (χ2v) is 7.67. The Morgan fingerprint density at radius 2 is 1.96 bits per heavy atom. The summed E-state index contributed by atoms with van der Waals surface area (Å²) in [6.07, 6.45) is 0. The molecule has 1 N–H and O–H groups in total. The smallest absolute Gasteiger partial charge is 0.311 e. The van der Waals surface area contributed by atoms with Gasteiger partial charge in [-0.05, 0) is 24.3 Å². The van der Waals surface area contributed by atoms with Gasteiger partial charge in [0.2, 0.25) is 15.8 Å². The average molecular weight is 397 g/mol. The predicted molar refractivity (Wildman–Crippen MR) is 94.5 cm³/mol. The molecule has 1 amide bonds. The molecule has 0 fully saturated rings. The first-order valence-corrected chi connectivity index (χ1v) is 8.94. The molecule has 0 saturated heterocycles. The van der Waals surface area contributed by atoms with Crippen LogP contribution in [-0.2, 0) is 14.8 Å². The minimum atomic E-state index is -3.68. The van der Waals surface area contributed by atoms with E-state index in [0.29, 0.717) is 0 Å². The fraction of sp³-hybridized carbons (Fsp3) is 0.188. The molecule has 144 valence electrons. The molecule has 27 heavy (non-hydrogen) atoms. The fourth-order valence-corrected chi connectivity index (χ4v) is 2.99. The first-order valence-electron chi connectivity index (χ1n) is 7.50. The molecule has 0 bridgehead atoms. The van der Waals surface area contributed by atoms with Crippen molar-refractivity contribution in [2.45, 2.75) is 4.90 Å². The number of nitro groups is 1. The van der Waals surface area contributed by atoms with E-state index >= 15 is 0 Å². The third-order valence-corrected chi connectivity index (χ3v) is 5.18. The second-order valence-electron chi connectivity index (χ2n) is 5.52. The van der Waals surface area contributed by atoms with Crippen LogP contribution >= 0.6 is 0 Å². The molecule has 2 aromatic rings. The lowest BCUT2D eigenvalue weighted by molar-refractivity contribution is -0.385. The highest BCUT2D eigenvalue weighted by Gasteiger charge is 2.19. The number of nitrogens with zero attached hydrogens (tertiary/aromatic N) is 2. The topological polar surface area (TPSA) is 119 Å². The van der Waals surface area contributed by atoms with E-state index in [9.17, 15) is 27.7 Å². The van der Waals surface area contributed by atoms with Crippen LogP contribution < -0.4 is 10.1 Å². The fourth-order valence-electron chi connectivity index (χ4n) is 2.04. The molecule has 0 aromatic heterocycles. The van der Waals surface area contributed by atoms with E-state index in [-0.39, 0.29) is 16.3 Å². The molecule has 0 atom stereocenters. The number of benzene rings is 2. The van der Waals surface area contributed by atoms with Crippen LogP contribution in [0, 0.1) is 15.9 Å². The van der Waals surface area contributed by atoms with Crippen molar-refractivity contribution < 1.29 is 27.3 Å². The summed E-state index contributed by atoms with van der Waals surface area (Å²) in [7, 11) is -0.926. The number of nitrogens with one attached hydrogen (secondary N) is 1. The molecule has 0 heterocycles. The minimum absolute atomic E-state index is 0.0213. The molecule has 11 heteroatoms. The summed E-state index contributed by atoms with van der Waals surface area (Å²) in [6, 6.07) is 8.19. The van der Waals surface area contributed by atoms with Crippen molar-refractivity contribution in [2.24, 2.45) is 0 Å². The van der Waals surface area contributed by atoms with Crippen LogP contribution in [0.1, 0.15) is 0 Å². The Hall–Kier alpha value is -3.05. The van der Waals surface area contributed by atoms with Crippen LogP contribution in [0.2, 0.25) is 0 Å². The molecular weight excluding hydrogens is 381 g/mol. The van der Waals surface area contributed by atoms with Crippen LogP contribution in [0.3, 0.4) is 0 Å². The zero-order chi connectivity index (χ0) is 20.2. The molecule has 0 aliphatic heterocycles. The highest BCUT2D eigenvalue weighted by Crippen LogP contribution is 2.27. The second kappa shape index (κ2) is 8.10. The van der Waals surface area contributed by atoms with Crippen molar-refractivity contribution >= 4 is 27.3 Å². The summed E-state index contributed by atoms with van der Waals surface area (Å²) in [6.45, 7) is -0.630. The van der Waals surface area contributed by atoms with Gasteiger partial charge in [-0.2, -0.15) is 0 Å². The number of amides is 1. The summed E-state index contributed by atoms with van der Waals surface area (Å²) in [5, 5.41) is 13.3. The number of ether oxygens (including phenoxy) is 1. The summed E-state index contributed by atoms with van der Waals surface area (Å²) in [5.74, 6) is -1.84. The lowest BCUT2D eigenvalue weighted by Gasteiger charge is -2.13. The standard InChI is InChI=1S/C16H16FN3O6S/c1-19(2)27(24,25)13-5-3-4-12(9-13)18-16(21)10-26-15-8-11(17)6-7-14(15)20(22)23/h3-9H,10H2,1-2H3,(H,18,21). The summed E-state index contributed by atoms with van der Waals surface area (Å²) >= 11 is 0. The van der Waals surface area contributed by atoms with Gasteiger partial charge in [-0.25, -0.2) is 17.1 Å². The molecule has 9 nitrogen and oxygen atoms in total. The van der Waals surface area contributed by atoms with E-state index in [1.54, 1.807) is 0 Å². The van der Waals surface area contributed by atoms with Crippen LogP contribution in [0.25, 0.3) is 0 Å². The van der Waals surface area contributed by atoms with E-state index in [1.165, 1.54) is 38.4 Å². The predicted octanol–water partition coefficient (Wildman–Crippen LogP) is 2.00. The van der Waals surface area contributed by atoms with Gasteiger partial charge in [0.05, 0.1) is 9.82 Å². The van der Waals surface area contributed by atoms with Gasteiger partial charge in [-0.15, -0.1) is 0 Å². The molecule has 0 aliphatic carbocycles. The first kappa shape index (κ1) is 20.3. The van der Waals surface area contributed by atoms with Crippen molar-refractivity contribution in [3.05, 3.63) is 58.4 Å². The Kier molecular flexibility index (Phi) is 6.08. The number of hydrogen-bond acceptors (Lipinski definition) is 6. The number of nitro benzene ring substituents is 1. The molecular formula is C16H16FN3O6S. The van der Waals surface area contributed by atoms with Crippen molar-refractivity contribution in [1.82, 2.24) is 4.31 Å². The normalized spacial score (nSPS) is 11.3.